The Bertz CT molecular complexity index is 1030. The molecule has 0 radical (unpaired) electrons. The molecule has 9 heteroatoms. The van der Waals surface area contributed by atoms with Crippen molar-refractivity contribution < 1.29 is 9.59 Å². The van der Waals surface area contributed by atoms with Crippen LogP contribution in [0.25, 0.3) is 5.78 Å². The van der Waals surface area contributed by atoms with Gasteiger partial charge in [-0.2, -0.15) is 0 Å². The van der Waals surface area contributed by atoms with E-state index in [1.165, 1.54) is 16.7 Å². The van der Waals surface area contributed by atoms with Gasteiger partial charge < -0.3 is 0 Å². The Morgan fingerprint density at radius 1 is 1.15 bits per heavy atom. The predicted molar refractivity (Wildman–Crippen MR) is 101 cm³/mol. The summed E-state index contributed by atoms with van der Waals surface area (Å²) < 4.78 is 2.69. The average Bonchev–Trinajstić information content (AvgIpc) is 3.10. The van der Waals surface area contributed by atoms with Crippen molar-refractivity contribution in [1.29, 1.82) is 0 Å². The molecule has 26 heavy (non-hydrogen) atoms. The van der Waals surface area contributed by atoms with Crippen LogP contribution in [0.4, 0.5) is 5.69 Å². The van der Waals surface area contributed by atoms with E-state index >= 15 is 0 Å². The average molecular weight is 432 g/mol. The van der Waals surface area contributed by atoms with E-state index in [4.69, 9.17) is 0 Å². The first-order valence-electron chi connectivity index (χ1n) is 7.92. The first-order chi connectivity index (χ1) is 12.4. The number of aromatic nitrogens is 4. The maximum atomic E-state index is 12.8. The van der Waals surface area contributed by atoms with Crippen molar-refractivity contribution in [3.05, 3.63) is 46.2 Å². The van der Waals surface area contributed by atoms with Gasteiger partial charge in [0.05, 0.1) is 5.69 Å². The van der Waals surface area contributed by atoms with E-state index in [2.05, 4.69) is 31.1 Å². The summed E-state index contributed by atoms with van der Waals surface area (Å²) in [6, 6.07) is 9.03. The molecule has 1 atom stereocenters. The molecule has 0 spiro atoms. The molecule has 3 heterocycles. The number of fused-ring (bicyclic) bond motifs is 1. The number of carbonyl (C=O) groups excluding carboxylic acids is 2. The minimum Gasteiger partial charge on any atom is -0.274 e. The number of aryl methyl sites for hydroxylation is 2. The Kier molecular flexibility index (Phi) is 4.28. The van der Waals surface area contributed by atoms with Gasteiger partial charge in [-0.3, -0.25) is 14.0 Å². The van der Waals surface area contributed by atoms with Gasteiger partial charge in [0.2, 0.25) is 11.8 Å². The lowest BCUT2D eigenvalue weighted by Gasteiger charge is -2.14. The van der Waals surface area contributed by atoms with Crippen molar-refractivity contribution in [1.82, 2.24) is 19.6 Å². The first kappa shape index (κ1) is 17.2. The number of anilines is 1. The van der Waals surface area contributed by atoms with Crippen molar-refractivity contribution in [2.24, 2.45) is 0 Å². The number of benzene rings is 1. The minimum atomic E-state index is -0.528. The SMILES string of the molecule is Cc1cc(C)n2c(SC3CC(=O)N(c4ccc(Br)cc4)C3=O)nnc2n1. The van der Waals surface area contributed by atoms with Crippen LogP contribution in [0.5, 0.6) is 0 Å². The monoisotopic (exact) mass is 431 g/mol. The topological polar surface area (TPSA) is 80.5 Å². The third-order valence-corrected chi connectivity index (χ3v) is 5.76. The number of imide groups is 1. The van der Waals surface area contributed by atoms with Gasteiger partial charge in [-0.15, -0.1) is 10.2 Å². The summed E-state index contributed by atoms with van der Waals surface area (Å²) in [5.74, 6) is 0.0395. The van der Waals surface area contributed by atoms with Gasteiger partial charge in [-0.1, -0.05) is 27.7 Å². The lowest BCUT2D eigenvalue weighted by atomic mass is 10.3. The second-order valence-corrected chi connectivity index (χ2v) is 8.10. The highest BCUT2D eigenvalue weighted by atomic mass is 79.9. The van der Waals surface area contributed by atoms with E-state index in [-0.39, 0.29) is 18.2 Å². The highest BCUT2D eigenvalue weighted by Gasteiger charge is 2.41. The summed E-state index contributed by atoms with van der Waals surface area (Å²) in [6.45, 7) is 3.83. The number of rotatable bonds is 3. The zero-order valence-corrected chi connectivity index (χ0v) is 16.4. The van der Waals surface area contributed by atoms with Crippen molar-refractivity contribution in [3.8, 4) is 0 Å². The highest BCUT2D eigenvalue weighted by Crippen LogP contribution is 2.34. The summed E-state index contributed by atoms with van der Waals surface area (Å²) >= 11 is 4.60. The van der Waals surface area contributed by atoms with Crippen molar-refractivity contribution >= 4 is 51.0 Å². The molecule has 1 aromatic carbocycles. The normalized spacial score (nSPS) is 17.5. The summed E-state index contributed by atoms with van der Waals surface area (Å²) in [4.78, 5) is 30.8. The number of carbonyl (C=O) groups is 2. The summed E-state index contributed by atoms with van der Waals surface area (Å²) in [7, 11) is 0. The fourth-order valence-electron chi connectivity index (χ4n) is 2.96. The maximum Gasteiger partial charge on any atom is 0.256 e. The highest BCUT2D eigenvalue weighted by molar-refractivity contribution is 9.10. The lowest BCUT2D eigenvalue weighted by molar-refractivity contribution is -0.121. The van der Waals surface area contributed by atoms with E-state index < -0.39 is 5.25 Å². The van der Waals surface area contributed by atoms with Crippen LogP contribution < -0.4 is 4.90 Å². The molecule has 1 fully saturated rings. The molecule has 132 valence electrons. The standard InChI is InChI=1S/C17H14BrN5O2S/c1-9-7-10(2)22-16(19-9)20-21-17(22)26-13-8-14(24)23(15(13)25)12-5-3-11(18)4-6-12/h3-7,13H,8H2,1-2H3. The van der Waals surface area contributed by atoms with Crippen molar-refractivity contribution in [2.75, 3.05) is 4.90 Å². The second kappa shape index (κ2) is 6.48. The summed E-state index contributed by atoms with van der Waals surface area (Å²) in [5, 5.41) is 8.27. The molecule has 7 nitrogen and oxygen atoms in total. The van der Waals surface area contributed by atoms with E-state index in [9.17, 15) is 9.59 Å². The summed E-state index contributed by atoms with van der Waals surface area (Å²) in [5.41, 5.74) is 2.36. The van der Waals surface area contributed by atoms with Crippen LogP contribution in [-0.2, 0) is 9.59 Å². The van der Waals surface area contributed by atoms with Crippen LogP contribution in [0.1, 0.15) is 17.8 Å². The van der Waals surface area contributed by atoms with Gasteiger partial charge in [0.15, 0.2) is 5.16 Å². The number of amides is 2. The predicted octanol–water partition coefficient (Wildman–Crippen LogP) is 2.93. The molecule has 1 aliphatic heterocycles. The van der Waals surface area contributed by atoms with Crippen LogP contribution in [0.15, 0.2) is 40.0 Å². The van der Waals surface area contributed by atoms with E-state index in [0.29, 0.717) is 16.6 Å². The third-order valence-electron chi connectivity index (χ3n) is 4.10. The molecule has 3 aromatic rings. The molecular formula is C17H14BrN5O2S. The molecule has 0 aliphatic carbocycles. The second-order valence-electron chi connectivity index (χ2n) is 6.01. The molecule has 0 bridgehead atoms. The van der Waals surface area contributed by atoms with Crippen LogP contribution in [0.2, 0.25) is 0 Å². The fraction of sp³-hybridized carbons (Fsp3) is 0.235. The molecule has 1 saturated heterocycles. The van der Waals surface area contributed by atoms with Crippen molar-refractivity contribution in [2.45, 2.75) is 30.7 Å². The molecule has 0 N–H and O–H groups in total. The Labute approximate surface area is 161 Å². The van der Waals surface area contributed by atoms with Gasteiger partial charge in [0, 0.05) is 22.3 Å². The Morgan fingerprint density at radius 3 is 2.62 bits per heavy atom. The molecule has 0 saturated carbocycles. The lowest BCUT2D eigenvalue weighted by Crippen LogP contribution is -2.31. The zero-order valence-electron chi connectivity index (χ0n) is 14.0. The number of hydrogen-bond donors (Lipinski definition) is 0. The molecule has 4 rings (SSSR count). The van der Waals surface area contributed by atoms with Gasteiger partial charge in [-0.25, -0.2) is 9.88 Å². The van der Waals surface area contributed by atoms with Gasteiger partial charge in [0.1, 0.15) is 5.25 Å². The Hall–Kier alpha value is -2.26. The molecule has 2 amide bonds. The van der Waals surface area contributed by atoms with E-state index in [1.54, 1.807) is 28.7 Å². The summed E-state index contributed by atoms with van der Waals surface area (Å²) in [6.07, 6.45) is 0.132. The van der Waals surface area contributed by atoms with Gasteiger partial charge in [-0.05, 0) is 44.2 Å². The van der Waals surface area contributed by atoms with E-state index in [0.717, 1.165) is 15.9 Å². The molecule has 1 unspecified atom stereocenters. The fourth-order valence-corrected chi connectivity index (χ4v) is 4.33. The third kappa shape index (κ3) is 2.90. The van der Waals surface area contributed by atoms with Crippen LogP contribution in [0, 0.1) is 13.8 Å². The van der Waals surface area contributed by atoms with Crippen LogP contribution in [-0.4, -0.2) is 36.6 Å². The number of halogens is 1. The van der Waals surface area contributed by atoms with Crippen LogP contribution >= 0.6 is 27.7 Å². The van der Waals surface area contributed by atoms with Gasteiger partial charge in [0.25, 0.3) is 5.78 Å². The molecule has 2 aromatic heterocycles. The Balaban J connectivity index is 1.63. The zero-order chi connectivity index (χ0) is 18.4. The minimum absolute atomic E-state index is 0.132. The number of nitrogens with zero attached hydrogens (tertiary/aromatic N) is 5. The first-order valence-corrected chi connectivity index (χ1v) is 9.59. The Morgan fingerprint density at radius 2 is 1.88 bits per heavy atom. The molecule has 1 aliphatic rings. The number of hydrogen-bond acceptors (Lipinski definition) is 6. The van der Waals surface area contributed by atoms with E-state index in [1.807, 2.05) is 19.9 Å². The smallest absolute Gasteiger partial charge is 0.256 e. The van der Waals surface area contributed by atoms with Gasteiger partial charge >= 0.3 is 0 Å². The maximum absolute atomic E-state index is 12.8. The quantitative estimate of drug-likeness (QED) is 0.593. The largest absolute Gasteiger partial charge is 0.274 e. The molecular weight excluding hydrogens is 418 g/mol. The number of thioether (sulfide) groups is 1. The van der Waals surface area contributed by atoms with Crippen molar-refractivity contribution in [3.63, 3.8) is 0 Å². The van der Waals surface area contributed by atoms with Crippen LogP contribution in [0.3, 0.4) is 0 Å².